The third-order valence-corrected chi connectivity index (χ3v) is 4.18. The van der Waals surface area contributed by atoms with Gasteiger partial charge in [0, 0.05) is 5.56 Å². The Morgan fingerprint density at radius 1 is 0.667 bits per heavy atom. The largest absolute Gasteiger partial charge is 0.241 e. The SMILES string of the molecule is Brc1cccc(-c2c3ccccc3cc3ccccc23)n1. The van der Waals surface area contributed by atoms with Crippen LogP contribution in [0.3, 0.4) is 0 Å². The van der Waals surface area contributed by atoms with Crippen LogP contribution in [-0.4, -0.2) is 4.98 Å². The predicted molar refractivity (Wildman–Crippen MR) is 92.4 cm³/mol. The summed E-state index contributed by atoms with van der Waals surface area (Å²) in [7, 11) is 0. The number of rotatable bonds is 1. The Balaban J connectivity index is 2.21. The van der Waals surface area contributed by atoms with Gasteiger partial charge in [-0.2, -0.15) is 0 Å². The monoisotopic (exact) mass is 333 g/mol. The van der Waals surface area contributed by atoms with Crippen molar-refractivity contribution in [1.29, 1.82) is 0 Å². The maximum absolute atomic E-state index is 4.66. The Hall–Kier alpha value is -2.19. The maximum Gasteiger partial charge on any atom is 0.106 e. The Morgan fingerprint density at radius 2 is 1.29 bits per heavy atom. The second-order valence-corrected chi connectivity index (χ2v) is 5.85. The van der Waals surface area contributed by atoms with Gasteiger partial charge in [0.1, 0.15) is 4.60 Å². The summed E-state index contributed by atoms with van der Waals surface area (Å²) < 4.78 is 0.858. The summed E-state index contributed by atoms with van der Waals surface area (Å²) in [5, 5.41) is 4.96. The summed E-state index contributed by atoms with van der Waals surface area (Å²) in [5.74, 6) is 0. The molecule has 0 N–H and O–H groups in total. The second-order valence-electron chi connectivity index (χ2n) is 5.04. The number of fused-ring (bicyclic) bond motifs is 2. The van der Waals surface area contributed by atoms with Crippen molar-refractivity contribution in [3.05, 3.63) is 77.4 Å². The average molecular weight is 334 g/mol. The van der Waals surface area contributed by atoms with Gasteiger partial charge in [-0.25, -0.2) is 4.98 Å². The Morgan fingerprint density at radius 3 is 1.90 bits per heavy atom. The van der Waals surface area contributed by atoms with Crippen LogP contribution in [-0.2, 0) is 0 Å². The lowest BCUT2D eigenvalue weighted by Gasteiger charge is -2.11. The molecule has 0 amide bonds. The zero-order chi connectivity index (χ0) is 14.2. The van der Waals surface area contributed by atoms with Crippen LogP contribution in [0.5, 0.6) is 0 Å². The fraction of sp³-hybridized carbons (Fsp3) is 0. The van der Waals surface area contributed by atoms with Gasteiger partial charge >= 0.3 is 0 Å². The van der Waals surface area contributed by atoms with E-state index in [0.717, 1.165) is 10.3 Å². The molecule has 0 spiro atoms. The molecular weight excluding hydrogens is 322 g/mol. The topological polar surface area (TPSA) is 12.9 Å². The zero-order valence-corrected chi connectivity index (χ0v) is 12.8. The number of hydrogen-bond donors (Lipinski definition) is 0. The predicted octanol–water partition coefficient (Wildman–Crippen LogP) is 5.82. The lowest BCUT2D eigenvalue weighted by atomic mass is 9.94. The van der Waals surface area contributed by atoms with E-state index < -0.39 is 0 Å². The van der Waals surface area contributed by atoms with Crippen LogP contribution < -0.4 is 0 Å². The Kier molecular flexibility index (Phi) is 2.97. The van der Waals surface area contributed by atoms with Crippen LogP contribution in [0.2, 0.25) is 0 Å². The molecule has 0 saturated heterocycles. The molecule has 100 valence electrons. The highest BCUT2D eigenvalue weighted by atomic mass is 79.9. The van der Waals surface area contributed by atoms with Gasteiger partial charge in [-0.05, 0) is 55.7 Å². The minimum Gasteiger partial charge on any atom is -0.241 e. The third-order valence-electron chi connectivity index (χ3n) is 3.74. The standard InChI is InChI=1S/C19H12BrN/c20-18-11-5-10-17(21-18)19-15-8-3-1-6-13(15)12-14-7-2-4-9-16(14)19/h1-12H. The summed E-state index contributed by atoms with van der Waals surface area (Å²) in [4.78, 5) is 4.66. The van der Waals surface area contributed by atoms with E-state index in [2.05, 4.69) is 81.6 Å². The average Bonchev–Trinajstić information content (AvgIpc) is 2.52. The minimum absolute atomic E-state index is 0.858. The Labute approximate surface area is 131 Å². The first-order chi connectivity index (χ1) is 10.3. The van der Waals surface area contributed by atoms with Crippen LogP contribution >= 0.6 is 15.9 Å². The third kappa shape index (κ3) is 2.12. The van der Waals surface area contributed by atoms with Crippen molar-refractivity contribution in [2.24, 2.45) is 0 Å². The van der Waals surface area contributed by atoms with E-state index in [1.165, 1.54) is 27.1 Å². The first kappa shape index (κ1) is 12.5. The highest BCUT2D eigenvalue weighted by Crippen LogP contribution is 2.35. The lowest BCUT2D eigenvalue weighted by molar-refractivity contribution is 1.29. The van der Waals surface area contributed by atoms with E-state index in [1.807, 2.05) is 12.1 Å². The fourth-order valence-electron chi connectivity index (χ4n) is 2.84. The quantitative estimate of drug-likeness (QED) is 0.316. The highest BCUT2D eigenvalue weighted by Gasteiger charge is 2.10. The minimum atomic E-state index is 0.858. The molecule has 0 aliphatic heterocycles. The number of pyridine rings is 1. The van der Waals surface area contributed by atoms with Crippen LogP contribution in [0.1, 0.15) is 0 Å². The number of nitrogens with zero attached hydrogens (tertiary/aromatic N) is 1. The van der Waals surface area contributed by atoms with Gasteiger partial charge in [0.15, 0.2) is 0 Å². The molecule has 2 heteroatoms. The molecule has 0 aliphatic rings. The fourth-order valence-corrected chi connectivity index (χ4v) is 3.18. The Bertz CT molecular complexity index is 906. The zero-order valence-electron chi connectivity index (χ0n) is 11.3. The van der Waals surface area contributed by atoms with Gasteiger partial charge in [-0.15, -0.1) is 0 Å². The highest BCUT2D eigenvalue weighted by molar-refractivity contribution is 9.10. The van der Waals surface area contributed by atoms with Gasteiger partial charge < -0.3 is 0 Å². The van der Waals surface area contributed by atoms with Crippen molar-refractivity contribution in [2.45, 2.75) is 0 Å². The molecule has 1 heterocycles. The van der Waals surface area contributed by atoms with E-state index in [4.69, 9.17) is 0 Å². The van der Waals surface area contributed by atoms with Gasteiger partial charge in [0.05, 0.1) is 5.69 Å². The van der Waals surface area contributed by atoms with E-state index in [-0.39, 0.29) is 0 Å². The number of benzene rings is 3. The van der Waals surface area contributed by atoms with E-state index in [9.17, 15) is 0 Å². The molecule has 1 aromatic heterocycles. The second kappa shape index (κ2) is 4.97. The number of hydrogen-bond acceptors (Lipinski definition) is 1. The smallest absolute Gasteiger partial charge is 0.106 e. The molecule has 0 saturated carbocycles. The van der Waals surface area contributed by atoms with Crippen molar-refractivity contribution in [3.8, 4) is 11.3 Å². The molecule has 4 rings (SSSR count). The molecule has 0 unspecified atom stereocenters. The first-order valence-electron chi connectivity index (χ1n) is 6.86. The number of halogens is 1. The van der Waals surface area contributed by atoms with Gasteiger partial charge in [-0.1, -0.05) is 54.6 Å². The van der Waals surface area contributed by atoms with Crippen LogP contribution in [0.4, 0.5) is 0 Å². The molecule has 0 aliphatic carbocycles. The first-order valence-corrected chi connectivity index (χ1v) is 7.66. The summed E-state index contributed by atoms with van der Waals surface area (Å²) in [6, 6.07) is 25.3. The number of aromatic nitrogens is 1. The summed E-state index contributed by atoms with van der Waals surface area (Å²) in [6.45, 7) is 0. The summed E-state index contributed by atoms with van der Waals surface area (Å²) in [6.07, 6.45) is 0. The normalized spacial score (nSPS) is 11.1. The van der Waals surface area contributed by atoms with Crippen molar-refractivity contribution in [3.63, 3.8) is 0 Å². The maximum atomic E-state index is 4.66. The molecule has 4 aromatic rings. The van der Waals surface area contributed by atoms with Gasteiger partial charge in [0.25, 0.3) is 0 Å². The van der Waals surface area contributed by atoms with Crippen molar-refractivity contribution in [1.82, 2.24) is 4.98 Å². The van der Waals surface area contributed by atoms with Crippen molar-refractivity contribution in [2.75, 3.05) is 0 Å². The van der Waals surface area contributed by atoms with Crippen LogP contribution in [0, 0.1) is 0 Å². The molecule has 1 nitrogen and oxygen atoms in total. The molecule has 3 aromatic carbocycles. The van der Waals surface area contributed by atoms with Crippen molar-refractivity contribution < 1.29 is 0 Å². The molecule has 0 bridgehead atoms. The van der Waals surface area contributed by atoms with Crippen molar-refractivity contribution >= 4 is 37.5 Å². The molecule has 0 atom stereocenters. The molecular formula is C19H12BrN. The van der Waals surface area contributed by atoms with E-state index in [1.54, 1.807) is 0 Å². The molecule has 0 radical (unpaired) electrons. The molecule has 21 heavy (non-hydrogen) atoms. The summed E-state index contributed by atoms with van der Waals surface area (Å²) in [5.41, 5.74) is 2.20. The van der Waals surface area contributed by atoms with E-state index >= 15 is 0 Å². The van der Waals surface area contributed by atoms with Crippen LogP contribution in [0.15, 0.2) is 77.4 Å². The lowest BCUT2D eigenvalue weighted by Crippen LogP contribution is -1.88. The van der Waals surface area contributed by atoms with Gasteiger partial charge in [0.2, 0.25) is 0 Å². The van der Waals surface area contributed by atoms with Crippen LogP contribution in [0.25, 0.3) is 32.8 Å². The summed E-state index contributed by atoms with van der Waals surface area (Å²) >= 11 is 3.48. The van der Waals surface area contributed by atoms with E-state index in [0.29, 0.717) is 0 Å². The van der Waals surface area contributed by atoms with Gasteiger partial charge in [-0.3, -0.25) is 0 Å². The molecule has 0 fully saturated rings.